The zero-order valence-electron chi connectivity index (χ0n) is 10.1. The van der Waals surface area contributed by atoms with E-state index in [-0.39, 0.29) is 11.3 Å². The molecular formula is C11H12IN3O4. The number of benzene rings is 1. The molecule has 0 bridgehead atoms. The van der Waals surface area contributed by atoms with Crippen LogP contribution >= 0.6 is 22.6 Å². The molecule has 0 aromatic heterocycles. The number of hydrogen-bond acceptors (Lipinski definition) is 4. The number of urea groups is 1. The van der Waals surface area contributed by atoms with Crippen LogP contribution in [0.25, 0.3) is 0 Å². The summed E-state index contributed by atoms with van der Waals surface area (Å²) < 4.78 is 0.426. The standard InChI is InChI=1S/C11H12IN3O4/c1-2-5-13-11(17)14-10(16)7-3-4-8(12)9(6-7)15(18)19/h3-4,6H,2,5H2,1H3,(H2,13,14,16,17). The highest BCUT2D eigenvalue weighted by molar-refractivity contribution is 14.1. The summed E-state index contributed by atoms with van der Waals surface area (Å²) in [5.41, 5.74) is -0.0963. The second-order valence-electron chi connectivity index (χ2n) is 3.63. The molecule has 0 saturated carbocycles. The molecule has 0 saturated heterocycles. The zero-order chi connectivity index (χ0) is 14.4. The van der Waals surface area contributed by atoms with Crippen molar-refractivity contribution in [1.29, 1.82) is 0 Å². The van der Waals surface area contributed by atoms with E-state index in [1.807, 2.05) is 6.92 Å². The van der Waals surface area contributed by atoms with E-state index >= 15 is 0 Å². The van der Waals surface area contributed by atoms with E-state index in [0.29, 0.717) is 10.1 Å². The Balaban J connectivity index is 2.80. The first-order valence-electron chi connectivity index (χ1n) is 5.48. The fraction of sp³-hybridized carbons (Fsp3) is 0.273. The second kappa shape index (κ2) is 7.02. The van der Waals surface area contributed by atoms with Gasteiger partial charge in [-0.2, -0.15) is 0 Å². The predicted molar refractivity (Wildman–Crippen MR) is 77.0 cm³/mol. The van der Waals surface area contributed by atoms with Gasteiger partial charge in [0.1, 0.15) is 0 Å². The molecule has 0 spiro atoms. The average molecular weight is 377 g/mol. The molecule has 0 fully saturated rings. The van der Waals surface area contributed by atoms with Crippen LogP contribution in [-0.2, 0) is 0 Å². The van der Waals surface area contributed by atoms with Gasteiger partial charge in [-0.3, -0.25) is 20.2 Å². The van der Waals surface area contributed by atoms with Crippen molar-refractivity contribution >= 4 is 40.2 Å². The number of imide groups is 1. The van der Waals surface area contributed by atoms with Gasteiger partial charge in [-0.25, -0.2) is 4.79 Å². The largest absolute Gasteiger partial charge is 0.338 e. The van der Waals surface area contributed by atoms with Crippen LogP contribution in [0.4, 0.5) is 10.5 Å². The molecule has 1 aromatic carbocycles. The molecule has 0 unspecified atom stereocenters. The Bertz CT molecular complexity index is 519. The van der Waals surface area contributed by atoms with E-state index in [4.69, 9.17) is 0 Å². The number of nitro groups is 1. The first kappa shape index (κ1) is 15.3. The molecule has 7 nitrogen and oxygen atoms in total. The maximum absolute atomic E-state index is 11.7. The monoisotopic (exact) mass is 377 g/mol. The zero-order valence-corrected chi connectivity index (χ0v) is 12.3. The van der Waals surface area contributed by atoms with Gasteiger partial charge >= 0.3 is 6.03 Å². The minimum Gasteiger partial charge on any atom is -0.338 e. The lowest BCUT2D eigenvalue weighted by Gasteiger charge is -2.05. The Labute approximate surface area is 123 Å². The van der Waals surface area contributed by atoms with E-state index in [1.54, 1.807) is 22.6 Å². The summed E-state index contributed by atoms with van der Waals surface area (Å²) in [5, 5.41) is 15.3. The molecular weight excluding hydrogens is 365 g/mol. The second-order valence-corrected chi connectivity index (χ2v) is 4.80. The van der Waals surface area contributed by atoms with Gasteiger partial charge in [-0.1, -0.05) is 6.92 Å². The van der Waals surface area contributed by atoms with Crippen molar-refractivity contribution < 1.29 is 14.5 Å². The molecule has 0 aliphatic carbocycles. The molecule has 8 heteroatoms. The lowest BCUT2D eigenvalue weighted by Crippen LogP contribution is -2.39. The van der Waals surface area contributed by atoms with Crippen LogP contribution in [0.1, 0.15) is 23.7 Å². The summed E-state index contributed by atoms with van der Waals surface area (Å²) >= 11 is 1.81. The molecule has 1 rings (SSSR count). The van der Waals surface area contributed by atoms with E-state index in [9.17, 15) is 19.7 Å². The minimum atomic E-state index is -0.673. The minimum absolute atomic E-state index is 0.0683. The topological polar surface area (TPSA) is 101 Å². The third-order valence-electron chi connectivity index (χ3n) is 2.17. The van der Waals surface area contributed by atoms with Gasteiger partial charge in [0.25, 0.3) is 11.6 Å². The number of nitrogens with zero attached hydrogens (tertiary/aromatic N) is 1. The van der Waals surface area contributed by atoms with Gasteiger partial charge in [-0.15, -0.1) is 0 Å². The Morgan fingerprint density at radius 2 is 2.11 bits per heavy atom. The van der Waals surface area contributed by atoms with Crippen LogP contribution in [-0.4, -0.2) is 23.4 Å². The van der Waals surface area contributed by atoms with Crippen molar-refractivity contribution in [2.45, 2.75) is 13.3 Å². The first-order chi connectivity index (χ1) is 8.95. The van der Waals surface area contributed by atoms with Crippen molar-refractivity contribution in [3.8, 4) is 0 Å². The fourth-order valence-electron chi connectivity index (χ4n) is 1.25. The quantitative estimate of drug-likeness (QED) is 0.476. The molecule has 0 aliphatic heterocycles. The van der Waals surface area contributed by atoms with Crippen molar-refractivity contribution in [2.75, 3.05) is 6.54 Å². The van der Waals surface area contributed by atoms with Gasteiger partial charge in [0.15, 0.2) is 0 Å². The molecule has 102 valence electrons. The van der Waals surface area contributed by atoms with Crippen molar-refractivity contribution in [3.63, 3.8) is 0 Å². The Hall–Kier alpha value is -1.71. The van der Waals surface area contributed by atoms with Crippen molar-refractivity contribution in [1.82, 2.24) is 10.6 Å². The maximum atomic E-state index is 11.7. The summed E-state index contributed by atoms with van der Waals surface area (Å²) in [7, 11) is 0. The van der Waals surface area contributed by atoms with Gasteiger partial charge < -0.3 is 5.32 Å². The number of hydrogen-bond donors (Lipinski definition) is 2. The van der Waals surface area contributed by atoms with E-state index in [2.05, 4.69) is 10.6 Å². The van der Waals surface area contributed by atoms with E-state index in [1.165, 1.54) is 12.1 Å². The highest BCUT2D eigenvalue weighted by Gasteiger charge is 2.17. The number of nitro benzene ring substituents is 1. The van der Waals surface area contributed by atoms with Crippen LogP contribution in [0.2, 0.25) is 0 Å². The van der Waals surface area contributed by atoms with Crippen LogP contribution in [0.3, 0.4) is 0 Å². The first-order valence-corrected chi connectivity index (χ1v) is 6.56. The lowest BCUT2D eigenvalue weighted by atomic mass is 10.2. The number of amides is 3. The highest BCUT2D eigenvalue weighted by Crippen LogP contribution is 2.21. The Morgan fingerprint density at radius 3 is 2.68 bits per heavy atom. The number of carbonyl (C=O) groups is 2. The Morgan fingerprint density at radius 1 is 1.42 bits per heavy atom. The summed E-state index contributed by atoms with van der Waals surface area (Å²) in [6.45, 7) is 2.33. The van der Waals surface area contributed by atoms with Crippen LogP contribution in [0, 0.1) is 13.7 Å². The number of rotatable bonds is 4. The molecule has 2 N–H and O–H groups in total. The van der Waals surface area contributed by atoms with Crippen LogP contribution in [0.15, 0.2) is 18.2 Å². The number of nitrogens with one attached hydrogen (secondary N) is 2. The van der Waals surface area contributed by atoms with Crippen LogP contribution in [0.5, 0.6) is 0 Å². The molecule has 1 aromatic rings. The SMILES string of the molecule is CCCNC(=O)NC(=O)c1ccc(I)c([N+](=O)[O-])c1. The molecule has 0 heterocycles. The Kier molecular flexibility index (Phi) is 5.67. The van der Waals surface area contributed by atoms with Crippen molar-refractivity contribution in [3.05, 3.63) is 37.4 Å². The number of carbonyl (C=O) groups excluding carboxylic acids is 2. The molecule has 0 atom stereocenters. The highest BCUT2D eigenvalue weighted by atomic mass is 127. The summed E-state index contributed by atoms with van der Waals surface area (Å²) in [6, 6.07) is 3.41. The lowest BCUT2D eigenvalue weighted by molar-refractivity contribution is -0.385. The summed E-state index contributed by atoms with van der Waals surface area (Å²) in [5.74, 6) is -0.673. The molecule has 19 heavy (non-hydrogen) atoms. The van der Waals surface area contributed by atoms with Gasteiger partial charge in [0.2, 0.25) is 0 Å². The van der Waals surface area contributed by atoms with Crippen molar-refractivity contribution in [2.24, 2.45) is 0 Å². The van der Waals surface area contributed by atoms with Gasteiger partial charge in [0.05, 0.1) is 8.49 Å². The normalized spacial score (nSPS) is 9.79. The molecule has 3 amide bonds. The van der Waals surface area contributed by atoms with E-state index in [0.717, 1.165) is 12.5 Å². The third-order valence-corrected chi connectivity index (χ3v) is 3.08. The molecule has 0 radical (unpaired) electrons. The predicted octanol–water partition coefficient (Wildman–Crippen LogP) is 2.05. The summed E-state index contributed by atoms with van der Waals surface area (Å²) in [4.78, 5) is 33.2. The average Bonchev–Trinajstić information content (AvgIpc) is 2.36. The summed E-state index contributed by atoms with van der Waals surface area (Å²) in [6.07, 6.45) is 0.747. The van der Waals surface area contributed by atoms with Crippen LogP contribution < -0.4 is 10.6 Å². The van der Waals surface area contributed by atoms with Gasteiger partial charge in [0, 0.05) is 18.2 Å². The fourth-order valence-corrected chi connectivity index (χ4v) is 1.78. The third kappa shape index (κ3) is 4.47. The van der Waals surface area contributed by atoms with Gasteiger partial charge in [-0.05, 0) is 41.1 Å². The van der Waals surface area contributed by atoms with E-state index < -0.39 is 16.9 Å². The smallest absolute Gasteiger partial charge is 0.321 e. The number of halogens is 1. The maximum Gasteiger partial charge on any atom is 0.321 e. The molecule has 0 aliphatic rings.